The van der Waals surface area contributed by atoms with Gasteiger partial charge in [0.05, 0.1) is 20.7 Å². The van der Waals surface area contributed by atoms with Gasteiger partial charge in [-0.15, -0.1) is 0 Å². The van der Waals surface area contributed by atoms with Gasteiger partial charge in [0.2, 0.25) is 10.0 Å². The van der Waals surface area contributed by atoms with E-state index in [0.29, 0.717) is 22.7 Å². The Bertz CT molecular complexity index is 1150. The van der Waals surface area contributed by atoms with E-state index in [9.17, 15) is 13.2 Å². The second kappa shape index (κ2) is 8.91. The molecule has 1 amide bonds. The number of nitrogens with zero attached hydrogens (tertiary/aromatic N) is 2. The van der Waals surface area contributed by atoms with Crippen molar-refractivity contribution < 1.29 is 13.2 Å². The number of thiazole rings is 1. The number of fused-ring (bicyclic) bond motifs is 1. The molecule has 0 bridgehead atoms. The van der Waals surface area contributed by atoms with Crippen LogP contribution in [0.4, 0.5) is 5.13 Å². The lowest BCUT2D eigenvalue weighted by atomic mass is 10.2. The molecule has 3 rings (SSSR count). The highest BCUT2D eigenvalue weighted by Crippen LogP contribution is 2.29. The molecule has 29 heavy (non-hydrogen) atoms. The zero-order chi connectivity index (χ0) is 21.2. The molecular formula is C20H22BrN3O3S2. The second-order valence-corrected chi connectivity index (χ2v) is 10.2. The summed E-state index contributed by atoms with van der Waals surface area (Å²) in [6.07, 6.45) is 0.927. The summed E-state index contributed by atoms with van der Waals surface area (Å²) in [7, 11) is -3.66. The highest BCUT2D eigenvalue weighted by Gasteiger charge is 2.24. The molecule has 0 radical (unpaired) electrons. The minimum atomic E-state index is -3.66. The van der Waals surface area contributed by atoms with Crippen molar-refractivity contribution in [2.75, 3.05) is 18.4 Å². The average molecular weight is 496 g/mol. The third kappa shape index (κ3) is 4.53. The Morgan fingerprint density at radius 1 is 1.14 bits per heavy atom. The summed E-state index contributed by atoms with van der Waals surface area (Å²) in [5.74, 6) is -0.414. The monoisotopic (exact) mass is 495 g/mol. The summed E-state index contributed by atoms with van der Waals surface area (Å²) in [4.78, 5) is 17.4. The smallest absolute Gasteiger partial charge is 0.258 e. The van der Waals surface area contributed by atoms with Gasteiger partial charge in [0, 0.05) is 17.6 Å². The Labute approximate surface area is 183 Å². The van der Waals surface area contributed by atoms with E-state index < -0.39 is 15.9 Å². The molecule has 154 valence electrons. The summed E-state index contributed by atoms with van der Waals surface area (Å²) in [6.45, 7) is 6.38. The summed E-state index contributed by atoms with van der Waals surface area (Å²) in [6, 6.07) is 10.5. The van der Waals surface area contributed by atoms with Crippen molar-refractivity contribution in [1.82, 2.24) is 9.29 Å². The van der Waals surface area contributed by atoms with Crippen LogP contribution in [0.25, 0.3) is 10.2 Å². The number of hydrogen-bond acceptors (Lipinski definition) is 5. The standard InChI is InChI=1S/C20H22BrN3O3S2/c1-4-13-7-10-17-18(11-13)28-20(22-17)23-19(25)15-12-14(8-9-16(15)21)29(26,27)24(5-2)6-3/h7-12H,4-6H2,1-3H3,(H,22,23,25). The zero-order valence-corrected chi connectivity index (χ0v) is 19.6. The molecule has 0 aliphatic rings. The third-order valence-corrected chi connectivity index (χ3v) is 8.28. The van der Waals surface area contributed by atoms with E-state index in [1.165, 1.54) is 33.3 Å². The number of benzene rings is 2. The maximum absolute atomic E-state index is 12.8. The Morgan fingerprint density at radius 2 is 1.86 bits per heavy atom. The van der Waals surface area contributed by atoms with Gasteiger partial charge in [-0.3, -0.25) is 10.1 Å². The summed E-state index contributed by atoms with van der Waals surface area (Å²) in [5.41, 5.74) is 2.27. The lowest BCUT2D eigenvalue weighted by Crippen LogP contribution is -2.30. The fourth-order valence-electron chi connectivity index (χ4n) is 2.96. The van der Waals surface area contributed by atoms with Crippen molar-refractivity contribution in [3.05, 3.63) is 52.0 Å². The molecule has 0 aliphatic carbocycles. The molecule has 0 saturated carbocycles. The highest BCUT2D eigenvalue weighted by atomic mass is 79.9. The van der Waals surface area contributed by atoms with Crippen LogP contribution < -0.4 is 5.32 Å². The molecule has 1 N–H and O–H groups in total. The molecule has 6 nitrogen and oxygen atoms in total. The largest absolute Gasteiger partial charge is 0.298 e. The van der Waals surface area contributed by atoms with E-state index in [1.54, 1.807) is 19.9 Å². The maximum Gasteiger partial charge on any atom is 0.258 e. The van der Waals surface area contributed by atoms with Gasteiger partial charge in [-0.05, 0) is 58.2 Å². The van der Waals surface area contributed by atoms with Gasteiger partial charge in [0.15, 0.2) is 5.13 Å². The molecule has 0 aliphatic heterocycles. The number of hydrogen-bond donors (Lipinski definition) is 1. The number of carbonyl (C=O) groups is 1. The first-order valence-corrected chi connectivity index (χ1v) is 12.4. The molecule has 0 spiro atoms. The predicted octanol–water partition coefficient (Wildman–Crippen LogP) is 4.90. The van der Waals surface area contributed by atoms with E-state index in [-0.39, 0.29) is 10.5 Å². The Kier molecular flexibility index (Phi) is 6.72. The van der Waals surface area contributed by atoms with Crippen LogP contribution in [0, 0.1) is 0 Å². The Hall–Kier alpha value is -1.81. The van der Waals surface area contributed by atoms with Crippen LogP contribution in [0.1, 0.15) is 36.7 Å². The average Bonchev–Trinajstić information content (AvgIpc) is 3.09. The number of rotatable bonds is 7. The zero-order valence-electron chi connectivity index (χ0n) is 16.4. The SMILES string of the molecule is CCc1ccc2nc(NC(=O)c3cc(S(=O)(=O)N(CC)CC)ccc3Br)sc2c1. The van der Waals surface area contributed by atoms with Crippen molar-refractivity contribution in [3.8, 4) is 0 Å². The number of aromatic nitrogens is 1. The number of aryl methyl sites for hydroxylation is 1. The van der Waals surface area contributed by atoms with Crippen LogP contribution >= 0.6 is 27.3 Å². The van der Waals surface area contributed by atoms with E-state index in [1.807, 2.05) is 12.1 Å². The minimum absolute atomic E-state index is 0.0893. The molecule has 0 fully saturated rings. The summed E-state index contributed by atoms with van der Waals surface area (Å²) < 4.78 is 28.4. The van der Waals surface area contributed by atoms with E-state index in [4.69, 9.17) is 0 Å². The van der Waals surface area contributed by atoms with Crippen molar-refractivity contribution in [1.29, 1.82) is 0 Å². The van der Waals surface area contributed by atoms with Crippen molar-refractivity contribution in [2.24, 2.45) is 0 Å². The van der Waals surface area contributed by atoms with E-state index >= 15 is 0 Å². The number of anilines is 1. The van der Waals surface area contributed by atoms with Crippen molar-refractivity contribution >= 4 is 58.5 Å². The molecule has 0 atom stereocenters. The number of carbonyl (C=O) groups excluding carboxylic acids is 1. The second-order valence-electron chi connectivity index (χ2n) is 6.36. The lowest BCUT2D eigenvalue weighted by molar-refractivity contribution is 0.102. The van der Waals surface area contributed by atoms with Crippen molar-refractivity contribution in [3.63, 3.8) is 0 Å². The quantitative estimate of drug-likeness (QED) is 0.505. The van der Waals surface area contributed by atoms with Crippen LogP contribution in [0.15, 0.2) is 45.8 Å². The molecule has 9 heteroatoms. The third-order valence-electron chi connectivity index (χ3n) is 4.61. The summed E-state index contributed by atoms with van der Waals surface area (Å²) >= 11 is 4.74. The maximum atomic E-state index is 12.8. The van der Waals surface area contributed by atoms with Crippen LogP contribution in [0.3, 0.4) is 0 Å². The minimum Gasteiger partial charge on any atom is -0.298 e. The molecular weight excluding hydrogens is 474 g/mol. The number of amides is 1. The van der Waals surface area contributed by atoms with Gasteiger partial charge in [0.25, 0.3) is 5.91 Å². The van der Waals surface area contributed by atoms with Gasteiger partial charge in [0.1, 0.15) is 0 Å². The fourth-order valence-corrected chi connectivity index (χ4v) is 5.79. The fraction of sp³-hybridized carbons (Fsp3) is 0.300. The van der Waals surface area contributed by atoms with Crippen LogP contribution in [-0.2, 0) is 16.4 Å². The first-order chi connectivity index (χ1) is 13.8. The molecule has 1 aromatic heterocycles. The highest BCUT2D eigenvalue weighted by molar-refractivity contribution is 9.10. The number of sulfonamides is 1. The molecule has 2 aromatic carbocycles. The number of nitrogens with one attached hydrogen (secondary N) is 1. The van der Waals surface area contributed by atoms with Crippen molar-refractivity contribution in [2.45, 2.75) is 32.1 Å². The predicted molar refractivity (Wildman–Crippen MR) is 121 cm³/mol. The Balaban J connectivity index is 1.91. The first-order valence-electron chi connectivity index (χ1n) is 9.30. The van der Waals surface area contributed by atoms with E-state index in [0.717, 1.165) is 16.6 Å². The first kappa shape index (κ1) is 21.9. The lowest BCUT2D eigenvalue weighted by Gasteiger charge is -2.19. The van der Waals surface area contributed by atoms with Gasteiger partial charge in [-0.2, -0.15) is 4.31 Å². The molecule has 1 heterocycles. The summed E-state index contributed by atoms with van der Waals surface area (Å²) in [5, 5.41) is 3.27. The van der Waals surface area contributed by atoms with Gasteiger partial charge in [-0.1, -0.05) is 38.2 Å². The van der Waals surface area contributed by atoms with Gasteiger partial charge < -0.3 is 0 Å². The molecule has 3 aromatic rings. The topological polar surface area (TPSA) is 79.4 Å². The van der Waals surface area contributed by atoms with Gasteiger partial charge >= 0.3 is 0 Å². The van der Waals surface area contributed by atoms with Crippen LogP contribution in [-0.4, -0.2) is 36.7 Å². The number of halogens is 1. The Morgan fingerprint density at radius 3 is 2.52 bits per heavy atom. The van der Waals surface area contributed by atoms with Gasteiger partial charge in [-0.25, -0.2) is 13.4 Å². The van der Waals surface area contributed by atoms with Crippen LogP contribution in [0.5, 0.6) is 0 Å². The normalized spacial score (nSPS) is 11.9. The molecule has 0 saturated heterocycles. The van der Waals surface area contributed by atoms with Crippen LogP contribution in [0.2, 0.25) is 0 Å². The molecule has 0 unspecified atom stereocenters. The van der Waals surface area contributed by atoms with E-state index in [2.05, 4.69) is 39.2 Å².